The highest BCUT2D eigenvalue weighted by atomic mass is 14.0. The molecular formula is C14H19. The summed E-state index contributed by atoms with van der Waals surface area (Å²) in [6.45, 7) is 7.66. The molecule has 0 aliphatic rings. The Balaban J connectivity index is 2.32. The lowest BCUT2D eigenvalue weighted by atomic mass is 10.0. The molecule has 0 aliphatic carbocycles. The molecule has 0 atom stereocenters. The van der Waals surface area contributed by atoms with Crippen molar-refractivity contribution < 1.29 is 0 Å². The fraction of sp³-hybridized carbons (Fsp3) is 0.429. The van der Waals surface area contributed by atoms with Crippen molar-refractivity contribution in [3.8, 4) is 0 Å². The first kappa shape index (κ1) is 11.0. The van der Waals surface area contributed by atoms with Crippen molar-refractivity contribution in [3.05, 3.63) is 42.0 Å². The van der Waals surface area contributed by atoms with Crippen molar-refractivity contribution in [1.29, 1.82) is 0 Å². The summed E-state index contributed by atoms with van der Waals surface area (Å²) < 4.78 is 0. The summed E-state index contributed by atoms with van der Waals surface area (Å²) in [5, 5.41) is 0. The second-order valence-electron chi connectivity index (χ2n) is 3.72. The van der Waals surface area contributed by atoms with E-state index in [-0.39, 0.29) is 0 Å². The maximum Gasteiger partial charge on any atom is -0.0256 e. The minimum Gasteiger partial charge on any atom is -0.0654 e. The van der Waals surface area contributed by atoms with Crippen LogP contribution in [0.4, 0.5) is 0 Å². The van der Waals surface area contributed by atoms with Gasteiger partial charge in [0.1, 0.15) is 0 Å². The molecule has 1 radical (unpaired) electrons. The molecule has 1 aromatic rings. The number of rotatable bonds is 6. The Morgan fingerprint density at radius 2 is 1.79 bits per heavy atom. The van der Waals surface area contributed by atoms with Crippen molar-refractivity contribution in [3.63, 3.8) is 0 Å². The maximum absolute atomic E-state index is 5.41. The third-order valence-corrected chi connectivity index (χ3v) is 2.49. The van der Waals surface area contributed by atoms with Crippen LogP contribution in [0.25, 0.3) is 6.08 Å². The molecule has 0 nitrogen and oxygen atoms in total. The van der Waals surface area contributed by atoms with E-state index in [9.17, 15) is 0 Å². The zero-order chi connectivity index (χ0) is 10.2. The van der Waals surface area contributed by atoms with Crippen LogP contribution in [0.3, 0.4) is 0 Å². The number of hydrogen-bond donors (Lipinski definition) is 0. The van der Waals surface area contributed by atoms with Gasteiger partial charge in [-0.1, -0.05) is 63.1 Å². The predicted molar refractivity (Wildman–Crippen MR) is 63.1 cm³/mol. The molecule has 0 heterocycles. The van der Waals surface area contributed by atoms with Crippen LogP contribution < -0.4 is 0 Å². The van der Waals surface area contributed by atoms with Gasteiger partial charge in [0.05, 0.1) is 0 Å². The van der Waals surface area contributed by atoms with Crippen LogP contribution in [0.5, 0.6) is 0 Å². The Labute approximate surface area is 87.7 Å². The van der Waals surface area contributed by atoms with Gasteiger partial charge < -0.3 is 0 Å². The minimum absolute atomic E-state index is 1.10. The second-order valence-corrected chi connectivity index (χ2v) is 3.72. The SMILES string of the molecule is [CH]=Cc1ccc(CCCCCC)cc1. The molecule has 0 bridgehead atoms. The Bertz CT molecular complexity index is 256. The molecular weight excluding hydrogens is 168 g/mol. The first-order valence-electron chi connectivity index (χ1n) is 5.50. The Morgan fingerprint density at radius 3 is 2.36 bits per heavy atom. The molecule has 1 rings (SSSR count). The highest BCUT2D eigenvalue weighted by Gasteiger charge is 1.93. The standard InChI is InChI=1S/C14H19/c1-3-5-6-7-8-14-11-9-13(4-2)10-12-14/h2,4,9-12H,3,5-8H2,1H3. The van der Waals surface area contributed by atoms with Crippen LogP contribution in [0.15, 0.2) is 24.3 Å². The van der Waals surface area contributed by atoms with Gasteiger partial charge in [0.25, 0.3) is 0 Å². The summed E-state index contributed by atoms with van der Waals surface area (Å²) in [4.78, 5) is 0. The van der Waals surface area contributed by atoms with Crippen molar-refractivity contribution in [2.75, 3.05) is 0 Å². The van der Waals surface area contributed by atoms with Gasteiger partial charge in [0.15, 0.2) is 0 Å². The summed E-state index contributed by atoms with van der Waals surface area (Å²) in [5.41, 5.74) is 2.52. The zero-order valence-corrected chi connectivity index (χ0v) is 9.00. The molecule has 0 aliphatic heterocycles. The van der Waals surface area contributed by atoms with Crippen LogP contribution in [0.2, 0.25) is 0 Å². The van der Waals surface area contributed by atoms with Crippen LogP contribution in [0, 0.1) is 6.58 Å². The topological polar surface area (TPSA) is 0 Å². The Morgan fingerprint density at radius 1 is 1.07 bits per heavy atom. The van der Waals surface area contributed by atoms with E-state index in [0.29, 0.717) is 0 Å². The lowest BCUT2D eigenvalue weighted by molar-refractivity contribution is 0.667. The van der Waals surface area contributed by atoms with E-state index in [0.717, 1.165) is 5.56 Å². The predicted octanol–water partition coefficient (Wildman–Crippen LogP) is 4.26. The van der Waals surface area contributed by atoms with Gasteiger partial charge in [0.2, 0.25) is 0 Å². The zero-order valence-electron chi connectivity index (χ0n) is 9.00. The number of unbranched alkanes of at least 4 members (excludes halogenated alkanes) is 3. The molecule has 75 valence electrons. The highest BCUT2D eigenvalue weighted by Crippen LogP contribution is 2.10. The number of aryl methyl sites for hydroxylation is 1. The number of hydrogen-bond acceptors (Lipinski definition) is 0. The molecule has 0 spiro atoms. The van der Waals surface area contributed by atoms with E-state index >= 15 is 0 Å². The molecule has 1 aromatic carbocycles. The van der Waals surface area contributed by atoms with Gasteiger partial charge in [-0.05, 0) is 24.0 Å². The normalized spacial score (nSPS) is 10.1. The van der Waals surface area contributed by atoms with E-state index in [2.05, 4.69) is 31.2 Å². The Hall–Kier alpha value is -1.04. The van der Waals surface area contributed by atoms with E-state index in [1.54, 1.807) is 6.08 Å². The summed E-state index contributed by atoms with van der Waals surface area (Å²) in [5.74, 6) is 0. The lowest BCUT2D eigenvalue weighted by Crippen LogP contribution is -1.85. The quantitative estimate of drug-likeness (QED) is 0.584. The largest absolute Gasteiger partial charge is 0.0654 e. The van der Waals surface area contributed by atoms with Gasteiger partial charge in [-0.25, -0.2) is 0 Å². The fourth-order valence-electron chi connectivity index (χ4n) is 1.55. The first-order chi connectivity index (χ1) is 6.86. The third-order valence-electron chi connectivity index (χ3n) is 2.49. The lowest BCUT2D eigenvalue weighted by Gasteiger charge is -2.01. The van der Waals surface area contributed by atoms with Crippen LogP contribution in [0.1, 0.15) is 43.7 Å². The van der Waals surface area contributed by atoms with Crippen LogP contribution >= 0.6 is 0 Å². The molecule has 0 amide bonds. The van der Waals surface area contributed by atoms with Gasteiger partial charge in [-0.15, -0.1) is 0 Å². The number of benzene rings is 1. The van der Waals surface area contributed by atoms with Gasteiger partial charge in [-0.3, -0.25) is 0 Å². The van der Waals surface area contributed by atoms with Crippen molar-refractivity contribution in [1.82, 2.24) is 0 Å². The van der Waals surface area contributed by atoms with Crippen LogP contribution in [-0.4, -0.2) is 0 Å². The van der Waals surface area contributed by atoms with E-state index < -0.39 is 0 Å². The van der Waals surface area contributed by atoms with Gasteiger partial charge in [0, 0.05) is 0 Å². The molecule has 0 unspecified atom stereocenters. The van der Waals surface area contributed by atoms with Crippen LogP contribution in [-0.2, 0) is 6.42 Å². The molecule has 0 N–H and O–H groups in total. The summed E-state index contributed by atoms with van der Waals surface area (Å²) in [7, 11) is 0. The minimum atomic E-state index is 1.10. The maximum atomic E-state index is 5.41. The third kappa shape index (κ3) is 3.78. The average molecular weight is 187 g/mol. The Kier molecular flexibility index (Phi) is 5.06. The van der Waals surface area contributed by atoms with Crippen molar-refractivity contribution >= 4 is 6.08 Å². The van der Waals surface area contributed by atoms with Crippen molar-refractivity contribution in [2.24, 2.45) is 0 Å². The van der Waals surface area contributed by atoms with Gasteiger partial charge in [-0.2, -0.15) is 0 Å². The first-order valence-corrected chi connectivity index (χ1v) is 5.50. The molecule has 0 saturated heterocycles. The summed E-state index contributed by atoms with van der Waals surface area (Å²) in [6, 6.07) is 8.50. The average Bonchev–Trinajstić information content (AvgIpc) is 2.25. The van der Waals surface area contributed by atoms with Crippen molar-refractivity contribution in [2.45, 2.75) is 39.0 Å². The molecule has 0 fully saturated rings. The molecule has 0 aromatic heterocycles. The van der Waals surface area contributed by atoms with Gasteiger partial charge >= 0.3 is 0 Å². The summed E-state index contributed by atoms with van der Waals surface area (Å²) in [6.07, 6.45) is 8.15. The smallest absolute Gasteiger partial charge is 0.0256 e. The van der Waals surface area contributed by atoms with E-state index in [1.807, 2.05) is 0 Å². The molecule has 0 heteroatoms. The van der Waals surface area contributed by atoms with E-state index in [1.165, 1.54) is 37.7 Å². The second kappa shape index (κ2) is 6.42. The fourth-order valence-corrected chi connectivity index (χ4v) is 1.55. The van der Waals surface area contributed by atoms with E-state index in [4.69, 9.17) is 6.58 Å². The summed E-state index contributed by atoms with van der Waals surface area (Å²) >= 11 is 0. The molecule has 14 heavy (non-hydrogen) atoms. The monoisotopic (exact) mass is 187 g/mol. The molecule has 0 saturated carbocycles. The highest BCUT2D eigenvalue weighted by molar-refractivity contribution is 5.45.